The first kappa shape index (κ1) is 12.9. The number of carbonyl (C=O) groups excluding carboxylic acids is 1. The van der Waals surface area contributed by atoms with Crippen LogP contribution in [0.15, 0.2) is 16.6 Å². The van der Waals surface area contributed by atoms with E-state index in [2.05, 4.69) is 21.2 Å². The standard InChI is InChI=1S/C10H11BrF2N2O/c1-15(2)10(16)5-14-9-3-6(11)7(12)4-8(9)13/h3-4,14H,5H2,1-2H3. The predicted molar refractivity (Wildman–Crippen MR) is 61.2 cm³/mol. The van der Waals surface area contributed by atoms with Gasteiger partial charge in [-0.15, -0.1) is 0 Å². The highest BCUT2D eigenvalue weighted by molar-refractivity contribution is 9.10. The molecule has 0 unspecified atom stereocenters. The minimum Gasteiger partial charge on any atom is -0.374 e. The van der Waals surface area contributed by atoms with Crippen molar-refractivity contribution in [2.75, 3.05) is 26.0 Å². The Labute approximate surface area is 101 Å². The molecule has 1 amide bonds. The summed E-state index contributed by atoms with van der Waals surface area (Å²) in [6, 6.07) is 2.01. The third-order valence-electron chi connectivity index (χ3n) is 1.94. The normalized spacial score (nSPS) is 10.1. The number of halogens is 3. The van der Waals surface area contributed by atoms with Gasteiger partial charge in [0.2, 0.25) is 5.91 Å². The van der Waals surface area contributed by atoms with Crippen molar-refractivity contribution >= 4 is 27.5 Å². The fourth-order valence-corrected chi connectivity index (χ4v) is 1.33. The van der Waals surface area contributed by atoms with E-state index >= 15 is 0 Å². The van der Waals surface area contributed by atoms with E-state index in [1.54, 1.807) is 14.1 Å². The third-order valence-corrected chi connectivity index (χ3v) is 2.55. The molecule has 0 aliphatic heterocycles. The molecule has 0 atom stereocenters. The molecule has 16 heavy (non-hydrogen) atoms. The van der Waals surface area contributed by atoms with E-state index in [9.17, 15) is 13.6 Å². The lowest BCUT2D eigenvalue weighted by Crippen LogP contribution is -2.28. The Morgan fingerprint density at radius 1 is 1.38 bits per heavy atom. The Morgan fingerprint density at radius 3 is 2.56 bits per heavy atom. The van der Waals surface area contributed by atoms with Crippen LogP contribution in [0.5, 0.6) is 0 Å². The molecule has 0 saturated heterocycles. The molecule has 3 nitrogen and oxygen atoms in total. The molecular weight excluding hydrogens is 282 g/mol. The average Bonchev–Trinajstić information content (AvgIpc) is 2.20. The van der Waals surface area contributed by atoms with Crippen LogP contribution in [0, 0.1) is 11.6 Å². The molecule has 0 saturated carbocycles. The van der Waals surface area contributed by atoms with E-state index in [0.717, 1.165) is 6.07 Å². The first-order chi connectivity index (χ1) is 7.41. The zero-order valence-electron chi connectivity index (χ0n) is 8.85. The fourth-order valence-electron chi connectivity index (χ4n) is 0.987. The Balaban J connectivity index is 2.75. The molecular formula is C10H11BrF2N2O. The molecule has 0 radical (unpaired) electrons. The van der Waals surface area contributed by atoms with Crippen LogP contribution in [0.25, 0.3) is 0 Å². The lowest BCUT2D eigenvalue weighted by molar-refractivity contribution is -0.126. The summed E-state index contributed by atoms with van der Waals surface area (Å²) in [6.07, 6.45) is 0. The SMILES string of the molecule is CN(C)C(=O)CNc1cc(Br)c(F)cc1F. The summed E-state index contributed by atoms with van der Waals surface area (Å²) in [6.45, 7) is -0.0397. The summed E-state index contributed by atoms with van der Waals surface area (Å²) in [4.78, 5) is 12.6. The van der Waals surface area contributed by atoms with E-state index in [1.807, 2.05) is 0 Å². The molecule has 1 aromatic carbocycles. The van der Waals surface area contributed by atoms with Gasteiger partial charge in [0.25, 0.3) is 0 Å². The van der Waals surface area contributed by atoms with Gasteiger partial charge in [-0.25, -0.2) is 8.78 Å². The molecule has 0 aliphatic rings. The molecule has 1 aromatic rings. The van der Waals surface area contributed by atoms with Gasteiger partial charge in [-0.05, 0) is 22.0 Å². The smallest absolute Gasteiger partial charge is 0.241 e. The van der Waals surface area contributed by atoms with Crippen molar-refractivity contribution in [2.45, 2.75) is 0 Å². The highest BCUT2D eigenvalue weighted by Crippen LogP contribution is 2.23. The maximum atomic E-state index is 13.2. The molecule has 6 heteroatoms. The highest BCUT2D eigenvalue weighted by Gasteiger charge is 2.10. The second-order valence-electron chi connectivity index (χ2n) is 3.39. The van der Waals surface area contributed by atoms with E-state index in [0.29, 0.717) is 0 Å². The number of hydrogen-bond donors (Lipinski definition) is 1. The molecule has 0 aromatic heterocycles. The number of amides is 1. The number of likely N-dealkylation sites (N-methyl/N-ethyl adjacent to an activating group) is 1. The van der Waals surface area contributed by atoms with Gasteiger partial charge in [0.1, 0.15) is 11.6 Å². The van der Waals surface area contributed by atoms with Crippen molar-refractivity contribution in [1.82, 2.24) is 4.90 Å². The number of carbonyl (C=O) groups is 1. The van der Waals surface area contributed by atoms with Crippen LogP contribution >= 0.6 is 15.9 Å². The summed E-state index contributed by atoms with van der Waals surface area (Å²) in [7, 11) is 3.20. The molecule has 0 bridgehead atoms. The zero-order chi connectivity index (χ0) is 12.3. The Kier molecular flexibility index (Phi) is 4.23. The number of benzene rings is 1. The average molecular weight is 293 g/mol. The van der Waals surface area contributed by atoms with Gasteiger partial charge in [0, 0.05) is 20.2 Å². The molecule has 0 aliphatic carbocycles. The molecule has 0 spiro atoms. The summed E-state index contributed by atoms with van der Waals surface area (Å²) in [5.74, 6) is -1.60. The summed E-state index contributed by atoms with van der Waals surface area (Å²) in [5, 5.41) is 2.60. The van der Waals surface area contributed by atoms with Crippen LogP contribution in [0.4, 0.5) is 14.5 Å². The number of nitrogens with zero attached hydrogens (tertiary/aromatic N) is 1. The topological polar surface area (TPSA) is 32.3 Å². The molecule has 88 valence electrons. The van der Waals surface area contributed by atoms with Gasteiger partial charge < -0.3 is 10.2 Å². The lowest BCUT2D eigenvalue weighted by Gasteiger charge is -2.12. The van der Waals surface area contributed by atoms with Crippen LogP contribution < -0.4 is 5.32 Å². The van der Waals surface area contributed by atoms with Crippen molar-refractivity contribution in [2.24, 2.45) is 0 Å². The van der Waals surface area contributed by atoms with Gasteiger partial charge in [0.05, 0.1) is 16.7 Å². The minimum absolute atomic E-state index is 0.0397. The highest BCUT2D eigenvalue weighted by atomic mass is 79.9. The number of nitrogens with one attached hydrogen (secondary N) is 1. The maximum Gasteiger partial charge on any atom is 0.241 e. The van der Waals surface area contributed by atoms with Gasteiger partial charge >= 0.3 is 0 Å². The number of anilines is 1. The Morgan fingerprint density at radius 2 is 2.00 bits per heavy atom. The molecule has 1 rings (SSSR count). The molecule has 1 N–H and O–H groups in total. The summed E-state index contributed by atoms with van der Waals surface area (Å²) >= 11 is 2.94. The monoisotopic (exact) mass is 292 g/mol. The van der Waals surface area contributed by atoms with Crippen molar-refractivity contribution < 1.29 is 13.6 Å². The lowest BCUT2D eigenvalue weighted by atomic mass is 10.3. The van der Waals surface area contributed by atoms with Crippen LogP contribution in [0.3, 0.4) is 0 Å². The van der Waals surface area contributed by atoms with Crippen molar-refractivity contribution in [3.63, 3.8) is 0 Å². The molecule has 0 heterocycles. The number of hydrogen-bond acceptors (Lipinski definition) is 2. The first-order valence-corrected chi connectivity index (χ1v) is 5.29. The second kappa shape index (κ2) is 5.25. The van der Waals surface area contributed by atoms with Gasteiger partial charge in [-0.3, -0.25) is 4.79 Å². The molecule has 0 fully saturated rings. The van der Waals surface area contributed by atoms with E-state index in [-0.39, 0.29) is 22.6 Å². The second-order valence-corrected chi connectivity index (χ2v) is 4.24. The Bertz CT molecular complexity index is 410. The third kappa shape index (κ3) is 3.16. The minimum atomic E-state index is -0.729. The van der Waals surface area contributed by atoms with Crippen molar-refractivity contribution in [3.8, 4) is 0 Å². The van der Waals surface area contributed by atoms with E-state index in [1.165, 1.54) is 11.0 Å². The van der Waals surface area contributed by atoms with E-state index in [4.69, 9.17) is 0 Å². The predicted octanol–water partition coefficient (Wildman–Crippen LogP) is 2.23. The van der Waals surface area contributed by atoms with Gasteiger partial charge in [-0.1, -0.05) is 0 Å². The zero-order valence-corrected chi connectivity index (χ0v) is 10.4. The summed E-state index contributed by atoms with van der Waals surface area (Å²) in [5.41, 5.74) is 0.0866. The first-order valence-electron chi connectivity index (χ1n) is 4.50. The Hall–Kier alpha value is -1.17. The number of rotatable bonds is 3. The quantitative estimate of drug-likeness (QED) is 0.867. The van der Waals surface area contributed by atoms with Crippen molar-refractivity contribution in [3.05, 3.63) is 28.2 Å². The maximum absolute atomic E-state index is 13.2. The van der Waals surface area contributed by atoms with Crippen LogP contribution in [0.1, 0.15) is 0 Å². The van der Waals surface area contributed by atoms with Gasteiger partial charge in [0.15, 0.2) is 0 Å². The van der Waals surface area contributed by atoms with Crippen LogP contribution in [-0.4, -0.2) is 31.4 Å². The van der Waals surface area contributed by atoms with Crippen LogP contribution in [-0.2, 0) is 4.79 Å². The van der Waals surface area contributed by atoms with Gasteiger partial charge in [-0.2, -0.15) is 0 Å². The summed E-state index contributed by atoms with van der Waals surface area (Å²) < 4.78 is 26.3. The van der Waals surface area contributed by atoms with Crippen molar-refractivity contribution in [1.29, 1.82) is 0 Å². The van der Waals surface area contributed by atoms with E-state index < -0.39 is 11.6 Å². The largest absolute Gasteiger partial charge is 0.374 e. The fraction of sp³-hybridized carbons (Fsp3) is 0.300. The van der Waals surface area contributed by atoms with Crippen LogP contribution in [0.2, 0.25) is 0 Å².